The summed E-state index contributed by atoms with van der Waals surface area (Å²) in [6, 6.07) is 7.15. The van der Waals surface area contributed by atoms with E-state index in [-0.39, 0.29) is 11.2 Å². The minimum atomic E-state index is -0.0181. The second-order valence-corrected chi connectivity index (χ2v) is 6.36. The topological polar surface area (TPSA) is 68.9 Å². The highest BCUT2D eigenvalue weighted by Crippen LogP contribution is 2.33. The van der Waals surface area contributed by atoms with Gasteiger partial charge in [0.25, 0.3) is 0 Å². The molecule has 0 fully saturated rings. The van der Waals surface area contributed by atoms with Gasteiger partial charge in [0, 0.05) is 23.7 Å². The Bertz CT molecular complexity index is 813. The third kappa shape index (κ3) is 2.99. The third-order valence-corrected chi connectivity index (χ3v) is 3.66. The zero-order valence-corrected chi connectivity index (χ0v) is 12.7. The maximum Gasteiger partial charge on any atom is 0.165 e. The zero-order chi connectivity index (χ0) is 15.7. The third-order valence-electron chi connectivity index (χ3n) is 3.66. The number of rotatable bonds is 0. The van der Waals surface area contributed by atoms with Gasteiger partial charge in [-0.15, -0.1) is 0 Å². The van der Waals surface area contributed by atoms with Gasteiger partial charge < -0.3 is 5.73 Å². The number of aromatic nitrogens is 2. The van der Waals surface area contributed by atoms with Crippen molar-refractivity contribution < 1.29 is 4.79 Å². The van der Waals surface area contributed by atoms with Crippen LogP contribution in [-0.2, 0) is 6.42 Å². The van der Waals surface area contributed by atoms with Gasteiger partial charge in [-0.05, 0) is 36.0 Å². The maximum atomic E-state index is 12.3. The molecule has 0 amide bonds. The molecule has 0 aromatic carbocycles. The summed E-state index contributed by atoms with van der Waals surface area (Å²) < 4.78 is 0. The average molecular weight is 291 g/mol. The SMILES string of the molecule is CC1(C)CC(=O)c2cc(C#Cc3cccc(N)n3)cnc2C1. The van der Waals surface area contributed by atoms with E-state index < -0.39 is 0 Å². The Hall–Kier alpha value is -2.67. The smallest absolute Gasteiger partial charge is 0.165 e. The van der Waals surface area contributed by atoms with Crippen LogP contribution in [0.3, 0.4) is 0 Å². The Labute approximate surface area is 129 Å². The van der Waals surface area contributed by atoms with Crippen molar-refractivity contribution in [2.24, 2.45) is 5.41 Å². The molecular weight excluding hydrogens is 274 g/mol. The highest BCUT2D eigenvalue weighted by Gasteiger charge is 2.31. The lowest BCUT2D eigenvalue weighted by molar-refractivity contribution is 0.0910. The number of nitrogens with two attached hydrogens (primary N) is 1. The number of nitrogens with zero attached hydrogens (tertiary/aromatic N) is 2. The van der Waals surface area contributed by atoms with Crippen molar-refractivity contribution in [3.63, 3.8) is 0 Å². The van der Waals surface area contributed by atoms with Crippen molar-refractivity contribution in [2.75, 3.05) is 5.73 Å². The van der Waals surface area contributed by atoms with Crippen LogP contribution in [0, 0.1) is 17.3 Å². The maximum absolute atomic E-state index is 12.3. The van der Waals surface area contributed by atoms with E-state index in [1.165, 1.54) is 0 Å². The quantitative estimate of drug-likeness (QED) is 0.758. The van der Waals surface area contributed by atoms with E-state index in [1.54, 1.807) is 18.3 Å². The molecule has 4 nitrogen and oxygen atoms in total. The minimum Gasteiger partial charge on any atom is -0.384 e. The summed E-state index contributed by atoms with van der Waals surface area (Å²) in [6.07, 6.45) is 3.08. The van der Waals surface area contributed by atoms with Gasteiger partial charge in [-0.2, -0.15) is 0 Å². The number of carbonyl (C=O) groups excluding carboxylic acids is 1. The molecule has 2 aromatic rings. The van der Waals surface area contributed by atoms with Crippen molar-refractivity contribution >= 4 is 11.6 Å². The van der Waals surface area contributed by atoms with Crippen LogP contribution in [0.2, 0.25) is 0 Å². The number of pyridine rings is 2. The average Bonchev–Trinajstić information content (AvgIpc) is 2.44. The van der Waals surface area contributed by atoms with Crippen molar-refractivity contribution in [1.82, 2.24) is 9.97 Å². The summed E-state index contributed by atoms with van der Waals surface area (Å²) in [5.74, 6) is 6.52. The van der Waals surface area contributed by atoms with Crippen LogP contribution in [0.4, 0.5) is 5.82 Å². The first-order chi connectivity index (χ1) is 10.4. The van der Waals surface area contributed by atoms with Crippen molar-refractivity contribution in [2.45, 2.75) is 26.7 Å². The van der Waals surface area contributed by atoms with E-state index in [1.807, 2.05) is 12.1 Å². The molecule has 22 heavy (non-hydrogen) atoms. The Morgan fingerprint density at radius 1 is 1.23 bits per heavy atom. The summed E-state index contributed by atoms with van der Waals surface area (Å²) in [6.45, 7) is 4.18. The van der Waals surface area contributed by atoms with Gasteiger partial charge in [-0.3, -0.25) is 9.78 Å². The second kappa shape index (κ2) is 5.27. The van der Waals surface area contributed by atoms with E-state index in [4.69, 9.17) is 5.73 Å². The zero-order valence-electron chi connectivity index (χ0n) is 12.7. The van der Waals surface area contributed by atoms with Crippen LogP contribution in [-0.4, -0.2) is 15.8 Å². The Morgan fingerprint density at radius 3 is 2.82 bits per heavy atom. The summed E-state index contributed by atoms with van der Waals surface area (Å²) in [7, 11) is 0. The van der Waals surface area contributed by atoms with Crippen LogP contribution < -0.4 is 5.73 Å². The number of carbonyl (C=O) groups is 1. The van der Waals surface area contributed by atoms with E-state index in [9.17, 15) is 4.79 Å². The molecule has 0 spiro atoms. The molecule has 0 saturated heterocycles. The first kappa shape index (κ1) is 14.3. The molecule has 0 atom stereocenters. The first-order valence-corrected chi connectivity index (χ1v) is 7.20. The lowest BCUT2D eigenvalue weighted by atomic mass is 9.75. The lowest BCUT2D eigenvalue weighted by Crippen LogP contribution is -2.27. The number of anilines is 1. The summed E-state index contributed by atoms with van der Waals surface area (Å²) in [4.78, 5) is 20.8. The fourth-order valence-corrected chi connectivity index (χ4v) is 2.65. The molecule has 1 aliphatic carbocycles. The van der Waals surface area contributed by atoms with Gasteiger partial charge in [0.1, 0.15) is 11.5 Å². The first-order valence-electron chi connectivity index (χ1n) is 7.20. The van der Waals surface area contributed by atoms with Crippen molar-refractivity contribution in [1.29, 1.82) is 0 Å². The summed E-state index contributed by atoms with van der Waals surface area (Å²) in [5, 5.41) is 0. The predicted octanol–water partition coefficient (Wildman–Crippen LogP) is 2.61. The van der Waals surface area contributed by atoms with Crippen LogP contribution >= 0.6 is 0 Å². The number of ketones is 1. The standard InChI is InChI=1S/C18H17N3O/c1-18(2)9-15-14(16(22)10-18)8-12(11-20-15)6-7-13-4-3-5-17(19)21-13/h3-5,8,11H,9-10H2,1-2H3,(H2,19,21). The molecule has 2 N–H and O–H groups in total. The molecule has 3 rings (SSSR count). The van der Waals surface area contributed by atoms with Crippen molar-refractivity contribution in [3.05, 3.63) is 53.0 Å². The Kier molecular flexibility index (Phi) is 3.42. The Morgan fingerprint density at radius 2 is 2.05 bits per heavy atom. The van der Waals surface area contributed by atoms with Gasteiger partial charge in [-0.25, -0.2) is 4.98 Å². The highest BCUT2D eigenvalue weighted by atomic mass is 16.1. The van der Waals surface area contributed by atoms with Gasteiger partial charge >= 0.3 is 0 Å². The fraction of sp³-hybridized carbons (Fsp3) is 0.278. The van der Waals surface area contributed by atoms with Crippen LogP contribution in [0.25, 0.3) is 0 Å². The lowest BCUT2D eigenvalue weighted by Gasteiger charge is -2.29. The molecule has 4 heteroatoms. The summed E-state index contributed by atoms with van der Waals surface area (Å²) >= 11 is 0. The van der Waals surface area contributed by atoms with E-state index in [0.717, 1.165) is 17.7 Å². The molecule has 1 aliphatic rings. The van der Waals surface area contributed by atoms with Gasteiger partial charge in [0.2, 0.25) is 0 Å². The molecule has 0 saturated carbocycles. The molecule has 0 unspecified atom stereocenters. The van der Waals surface area contributed by atoms with Gasteiger partial charge in [-0.1, -0.05) is 25.8 Å². The van der Waals surface area contributed by atoms with Gasteiger partial charge in [0.15, 0.2) is 5.78 Å². The molecule has 2 aromatic heterocycles. The number of Topliss-reactive ketones (excluding diaryl/α,β-unsaturated/α-hetero) is 1. The number of fused-ring (bicyclic) bond motifs is 1. The highest BCUT2D eigenvalue weighted by molar-refractivity contribution is 5.98. The largest absolute Gasteiger partial charge is 0.384 e. The number of hydrogen-bond donors (Lipinski definition) is 1. The van der Waals surface area contributed by atoms with Crippen LogP contribution in [0.5, 0.6) is 0 Å². The number of hydrogen-bond acceptors (Lipinski definition) is 4. The van der Waals surface area contributed by atoms with E-state index in [0.29, 0.717) is 23.5 Å². The van der Waals surface area contributed by atoms with Crippen LogP contribution in [0.1, 0.15) is 47.6 Å². The monoisotopic (exact) mass is 291 g/mol. The molecule has 0 bridgehead atoms. The Balaban J connectivity index is 1.92. The van der Waals surface area contributed by atoms with Gasteiger partial charge in [0.05, 0.1) is 5.69 Å². The molecule has 0 radical (unpaired) electrons. The fourth-order valence-electron chi connectivity index (χ4n) is 2.65. The molecule has 2 heterocycles. The molecule has 110 valence electrons. The predicted molar refractivity (Wildman–Crippen MR) is 85.3 cm³/mol. The van der Waals surface area contributed by atoms with E-state index >= 15 is 0 Å². The van der Waals surface area contributed by atoms with E-state index in [2.05, 4.69) is 35.7 Å². The van der Waals surface area contributed by atoms with Crippen molar-refractivity contribution in [3.8, 4) is 11.8 Å². The normalized spacial score (nSPS) is 15.6. The minimum absolute atomic E-state index is 0.0181. The molecule has 0 aliphatic heterocycles. The van der Waals surface area contributed by atoms with Crippen LogP contribution in [0.15, 0.2) is 30.5 Å². The summed E-state index contributed by atoms with van der Waals surface area (Å²) in [5.41, 5.74) is 8.50. The molecular formula is C18H17N3O. The second-order valence-electron chi connectivity index (χ2n) is 6.36. The number of nitrogen functional groups attached to an aromatic ring is 1.